The average molecular weight is 318 g/mol. The van der Waals surface area contributed by atoms with Gasteiger partial charge in [-0.05, 0) is 44.4 Å². The van der Waals surface area contributed by atoms with E-state index >= 15 is 0 Å². The van der Waals surface area contributed by atoms with E-state index in [2.05, 4.69) is 9.55 Å². The third-order valence-corrected chi connectivity index (χ3v) is 4.12. The minimum absolute atomic E-state index is 0.00257. The summed E-state index contributed by atoms with van der Waals surface area (Å²) < 4.78 is 13.3. The number of carbonyl (C=O) groups is 1. The number of ether oxygens (including phenoxy) is 2. The molecule has 6 nitrogen and oxygen atoms in total. The number of carboxylic acid groups (broad SMARTS) is 1. The number of aryl methyl sites for hydroxylation is 1. The molecular weight excluding hydrogens is 296 g/mol. The van der Waals surface area contributed by atoms with Crippen LogP contribution in [-0.2, 0) is 16.0 Å². The van der Waals surface area contributed by atoms with E-state index in [-0.39, 0.29) is 11.7 Å². The van der Waals surface area contributed by atoms with Gasteiger partial charge in [-0.15, -0.1) is 0 Å². The summed E-state index contributed by atoms with van der Waals surface area (Å²) in [5.74, 6) is -0.0343. The third-order valence-electron chi connectivity index (χ3n) is 4.12. The Bertz CT molecular complexity index is 689. The zero-order chi connectivity index (χ0) is 16.2. The van der Waals surface area contributed by atoms with E-state index in [1.54, 1.807) is 12.1 Å². The third kappa shape index (κ3) is 3.38. The second kappa shape index (κ2) is 7.10. The number of hydrogen-bond acceptors (Lipinski definition) is 4. The first kappa shape index (κ1) is 16.0. The van der Waals surface area contributed by atoms with Gasteiger partial charge >= 0.3 is 5.97 Å². The lowest BCUT2D eigenvalue weighted by Gasteiger charge is -2.13. The Hall–Kier alpha value is -1.92. The van der Waals surface area contributed by atoms with Gasteiger partial charge in [0.05, 0.1) is 16.6 Å². The highest BCUT2D eigenvalue weighted by Crippen LogP contribution is 2.31. The minimum Gasteiger partial charge on any atom is -0.478 e. The Labute approximate surface area is 135 Å². The highest BCUT2D eigenvalue weighted by molar-refractivity contribution is 5.92. The molecule has 1 atom stereocenters. The fourth-order valence-corrected chi connectivity index (χ4v) is 3.01. The van der Waals surface area contributed by atoms with Crippen molar-refractivity contribution in [2.75, 3.05) is 19.8 Å². The number of nitrogens with zero attached hydrogens (tertiary/aromatic N) is 2. The standard InChI is InChI=1S/C17H22N2O4/c1-2-22-9-4-8-19-14-7-6-12(17(20)21)11-13(14)18-16(19)15-5-3-10-23-15/h6-7,11,15H,2-5,8-10H2,1H3,(H,20,21). The topological polar surface area (TPSA) is 73.6 Å². The van der Waals surface area contributed by atoms with Crippen molar-refractivity contribution in [2.24, 2.45) is 0 Å². The number of benzene rings is 1. The lowest BCUT2D eigenvalue weighted by Crippen LogP contribution is -2.10. The Kier molecular flexibility index (Phi) is 4.93. The van der Waals surface area contributed by atoms with Gasteiger partial charge in [-0.25, -0.2) is 9.78 Å². The second-order valence-electron chi connectivity index (χ2n) is 5.68. The fraction of sp³-hybridized carbons (Fsp3) is 0.529. The predicted molar refractivity (Wildman–Crippen MR) is 85.7 cm³/mol. The lowest BCUT2D eigenvalue weighted by atomic mass is 10.2. The lowest BCUT2D eigenvalue weighted by molar-refractivity contribution is 0.0697. The maximum Gasteiger partial charge on any atom is 0.335 e. The van der Waals surface area contributed by atoms with Crippen molar-refractivity contribution >= 4 is 17.0 Å². The molecule has 1 aromatic heterocycles. The van der Waals surface area contributed by atoms with E-state index in [9.17, 15) is 4.79 Å². The number of hydrogen-bond donors (Lipinski definition) is 1. The first-order valence-corrected chi connectivity index (χ1v) is 8.13. The molecule has 0 spiro atoms. The van der Waals surface area contributed by atoms with Gasteiger partial charge in [-0.3, -0.25) is 0 Å². The summed E-state index contributed by atoms with van der Waals surface area (Å²) in [7, 11) is 0. The number of carboxylic acids is 1. The van der Waals surface area contributed by atoms with Crippen molar-refractivity contribution < 1.29 is 19.4 Å². The molecule has 23 heavy (non-hydrogen) atoms. The van der Waals surface area contributed by atoms with Gasteiger partial charge in [-0.1, -0.05) is 0 Å². The molecule has 1 unspecified atom stereocenters. The Balaban J connectivity index is 1.94. The minimum atomic E-state index is -0.934. The van der Waals surface area contributed by atoms with Crippen LogP contribution >= 0.6 is 0 Å². The van der Waals surface area contributed by atoms with Crippen molar-refractivity contribution in [3.05, 3.63) is 29.6 Å². The number of aromatic nitrogens is 2. The van der Waals surface area contributed by atoms with Crippen LogP contribution in [0.25, 0.3) is 11.0 Å². The van der Waals surface area contributed by atoms with Crippen molar-refractivity contribution in [3.8, 4) is 0 Å². The van der Waals surface area contributed by atoms with Crippen LogP contribution in [0, 0.1) is 0 Å². The summed E-state index contributed by atoms with van der Waals surface area (Å²) in [6.45, 7) is 4.95. The van der Waals surface area contributed by atoms with Gasteiger partial charge in [0.2, 0.25) is 0 Å². The van der Waals surface area contributed by atoms with Gasteiger partial charge in [0.25, 0.3) is 0 Å². The molecule has 1 saturated heterocycles. The molecule has 0 bridgehead atoms. The maximum atomic E-state index is 11.2. The molecule has 3 rings (SSSR count). The summed E-state index contributed by atoms with van der Waals surface area (Å²) in [5.41, 5.74) is 1.93. The zero-order valence-corrected chi connectivity index (χ0v) is 13.3. The molecular formula is C17H22N2O4. The number of imidazole rings is 1. The summed E-state index contributed by atoms with van der Waals surface area (Å²) in [6, 6.07) is 5.10. The summed E-state index contributed by atoms with van der Waals surface area (Å²) in [4.78, 5) is 15.8. The van der Waals surface area contributed by atoms with Crippen LogP contribution in [0.4, 0.5) is 0 Å². The molecule has 1 aliphatic rings. The van der Waals surface area contributed by atoms with Gasteiger partial charge in [0, 0.05) is 26.4 Å². The van der Waals surface area contributed by atoms with Gasteiger partial charge in [0.1, 0.15) is 11.9 Å². The van der Waals surface area contributed by atoms with E-state index < -0.39 is 5.97 Å². The van der Waals surface area contributed by atoms with E-state index in [0.29, 0.717) is 18.7 Å². The highest BCUT2D eigenvalue weighted by atomic mass is 16.5. The van der Waals surface area contributed by atoms with Crippen LogP contribution in [0.2, 0.25) is 0 Å². The number of rotatable bonds is 7. The summed E-state index contributed by atoms with van der Waals surface area (Å²) in [6.07, 6.45) is 2.88. The molecule has 2 aromatic rings. The first-order valence-electron chi connectivity index (χ1n) is 8.13. The average Bonchev–Trinajstić information content (AvgIpc) is 3.18. The van der Waals surface area contributed by atoms with Crippen molar-refractivity contribution in [3.63, 3.8) is 0 Å². The highest BCUT2D eigenvalue weighted by Gasteiger charge is 2.24. The van der Waals surface area contributed by atoms with Crippen molar-refractivity contribution in [1.29, 1.82) is 0 Å². The molecule has 124 valence electrons. The smallest absolute Gasteiger partial charge is 0.335 e. The van der Waals surface area contributed by atoms with E-state index in [1.165, 1.54) is 0 Å². The van der Waals surface area contributed by atoms with Crippen LogP contribution in [0.3, 0.4) is 0 Å². The Morgan fingerprint density at radius 3 is 3.09 bits per heavy atom. The SMILES string of the molecule is CCOCCCn1c(C2CCCO2)nc2cc(C(=O)O)ccc21. The second-order valence-corrected chi connectivity index (χ2v) is 5.68. The van der Waals surface area contributed by atoms with Crippen LogP contribution < -0.4 is 0 Å². The quantitative estimate of drug-likeness (QED) is 0.794. The first-order chi connectivity index (χ1) is 11.2. The van der Waals surface area contributed by atoms with E-state index in [1.807, 2.05) is 13.0 Å². The fourth-order valence-electron chi connectivity index (χ4n) is 3.01. The molecule has 1 N–H and O–H groups in total. The normalized spacial score (nSPS) is 17.9. The molecule has 1 aliphatic heterocycles. The monoisotopic (exact) mass is 318 g/mol. The molecule has 1 fully saturated rings. The van der Waals surface area contributed by atoms with Crippen molar-refractivity contribution in [1.82, 2.24) is 9.55 Å². The van der Waals surface area contributed by atoms with Gasteiger partial charge in [0.15, 0.2) is 0 Å². The Morgan fingerprint density at radius 2 is 2.39 bits per heavy atom. The molecule has 2 heterocycles. The van der Waals surface area contributed by atoms with Crippen LogP contribution in [0.1, 0.15) is 48.5 Å². The zero-order valence-electron chi connectivity index (χ0n) is 13.3. The number of fused-ring (bicyclic) bond motifs is 1. The van der Waals surface area contributed by atoms with E-state index in [0.717, 1.165) is 43.8 Å². The van der Waals surface area contributed by atoms with Crippen LogP contribution in [0.5, 0.6) is 0 Å². The largest absolute Gasteiger partial charge is 0.478 e. The summed E-state index contributed by atoms with van der Waals surface area (Å²) >= 11 is 0. The molecule has 0 amide bonds. The number of aromatic carboxylic acids is 1. The van der Waals surface area contributed by atoms with Crippen LogP contribution in [-0.4, -0.2) is 40.4 Å². The molecule has 0 radical (unpaired) electrons. The van der Waals surface area contributed by atoms with Gasteiger partial charge in [-0.2, -0.15) is 0 Å². The maximum absolute atomic E-state index is 11.2. The molecule has 0 aliphatic carbocycles. The van der Waals surface area contributed by atoms with Crippen LogP contribution in [0.15, 0.2) is 18.2 Å². The molecule has 6 heteroatoms. The molecule has 1 aromatic carbocycles. The van der Waals surface area contributed by atoms with Crippen molar-refractivity contribution in [2.45, 2.75) is 38.8 Å². The predicted octanol–water partition coefficient (Wildman–Crippen LogP) is 3.01. The Morgan fingerprint density at radius 1 is 1.52 bits per heavy atom. The summed E-state index contributed by atoms with van der Waals surface area (Å²) in [5, 5.41) is 9.16. The molecule has 0 saturated carbocycles. The van der Waals surface area contributed by atoms with Gasteiger partial charge < -0.3 is 19.1 Å². The van der Waals surface area contributed by atoms with E-state index in [4.69, 9.17) is 14.6 Å².